The zero-order chi connectivity index (χ0) is 11.5. The van der Waals surface area contributed by atoms with Crippen LogP contribution in [-0.4, -0.2) is 39.3 Å². The van der Waals surface area contributed by atoms with Crippen molar-refractivity contribution in [3.63, 3.8) is 0 Å². The molecule has 0 aromatic rings. The SMILES string of the molecule is COCCOCCCCN=C(N)C(C)C. The van der Waals surface area contributed by atoms with Gasteiger partial charge in [-0.3, -0.25) is 4.99 Å². The third kappa shape index (κ3) is 9.69. The number of methoxy groups -OCH3 is 1. The Bertz CT molecular complexity index is 170. The smallest absolute Gasteiger partial charge is 0.0962 e. The first-order valence-corrected chi connectivity index (χ1v) is 5.55. The topological polar surface area (TPSA) is 56.8 Å². The number of nitrogens with zero attached hydrogens (tertiary/aromatic N) is 1. The number of rotatable bonds is 9. The van der Waals surface area contributed by atoms with Crippen LogP contribution in [0.2, 0.25) is 0 Å². The molecule has 4 nitrogen and oxygen atoms in total. The van der Waals surface area contributed by atoms with Crippen molar-refractivity contribution in [3.8, 4) is 0 Å². The van der Waals surface area contributed by atoms with Gasteiger partial charge in [-0.1, -0.05) is 13.8 Å². The van der Waals surface area contributed by atoms with Gasteiger partial charge < -0.3 is 15.2 Å². The molecule has 0 bridgehead atoms. The van der Waals surface area contributed by atoms with Gasteiger partial charge in [0.05, 0.1) is 19.0 Å². The van der Waals surface area contributed by atoms with Crippen LogP contribution in [0.4, 0.5) is 0 Å². The van der Waals surface area contributed by atoms with Gasteiger partial charge >= 0.3 is 0 Å². The van der Waals surface area contributed by atoms with Gasteiger partial charge in [0.25, 0.3) is 0 Å². The Kier molecular flexibility index (Phi) is 9.52. The van der Waals surface area contributed by atoms with Crippen molar-refractivity contribution >= 4 is 5.84 Å². The first kappa shape index (κ1) is 14.4. The first-order chi connectivity index (χ1) is 7.18. The van der Waals surface area contributed by atoms with Gasteiger partial charge in [0, 0.05) is 26.2 Å². The summed E-state index contributed by atoms with van der Waals surface area (Å²) in [5.74, 6) is 1.10. The van der Waals surface area contributed by atoms with Gasteiger partial charge in [-0.05, 0) is 12.8 Å². The molecule has 0 amide bonds. The summed E-state index contributed by atoms with van der Waals surface area (Å²) in [7, 11) is 1.67. The molecule has 0 fully saturated rings. The molecule has 0 radical (unpaired) electrons. The fraction of sp³-hybridized carbons (Fsp3) is 0.909. The van der Waals surface area contributed by atoms with E-state index in [1.165, 1.54) is 0 Å². The second kappa shape index (κ2) is 9.93. The third-order valence-corrected chi connectivity index (χ3v) is 2.01. The lowest BCUT2D eigenvalue weighted by atomic mass is 10.2. The van der Waals surface area contributed by atoms with Crippen molar-refractivity contribution in [2.45, 2.75) is 26.7 Å². The van der Waals surface area contributed by atoms with E-state index < -0.39 is 0 Å². The highest BCUT2D eigenvalue weighted by Crippen LogP contribution is 1.95. The summed E-state index contributed by atoms with van der Waals surface area (Å²) < 4.78 is 10.2. The Morgan fingerprint density at radius 1 is 1.20 bits per heavy atom. The summed E-state index contributed by atoms with van der Waals surface area (Å²) >= 11 is 0. The lowest BCUT2D eigenvalue weighted by molar-refractivity contribution is 0.0690. The van der Waals surface area contributed by atoms with Crippen LogP contribution in [0.3, 0.4) is 0 Å². The maximum Gasteiger partial charge on any atom is 0.0962 e. The summed E-state index contributed by atoms with van der Waals surface area (Å²) in [5.41, 5.74) is 5.70. The van der Waals surface area contributed by atoms with E-state index in [0.717, 1.165) is 31.8 Å². The Hall–Kier alpha value is -0.610. The molecule has 90 valence electrons. The molecule has 0 atom stereocenters. The van der Waals surface area contributed by atoms with Gasteiger partial charge in [0.15, 0.2) is 0 Å². The molecule has 0 aliphatic rings. The van der Waals surface area contributed by atoms with Crippen molar-refractivity contribution in [2.24, 2.45) is 16.6 Å². The van der Waals surface area contributed by atoms with E-state index >= 15 is 0 Å². The minimum absolute atomic E-state index is 0.350. The van der Waals surface area contributed by atoms with Crippen LogP contribution in [0, 0.1) is 5.92 Å². The molecule has 0 aliphatic carbocycles. The molecule has 0 saturated heterocycles. The van der Waals surface area contributed by atoms with Crippen LogP contribution in [0.5, 0.6) is 0 Å². The molecule has 15 heavy (non-hydrogen) atoms. The molecule has 0 heterocycles. The molecule has 0 aromatic carbocycles. The van der Waals surface area contributed by atoms with Crippen molar-refractivity contribution in [3.05, 3.63) is 0 Å². The Morgan fingerprint density at radius 2 is 1.93 bits per heavy atom. The molecule has 2 N–H and O–H groups in total. The number of amidine groups is 1. The maximum atomic E-state index is 5.70. The number of hydrogen-bond donors (Lipinski definition) is 1. The van der Waals surface area contributed by atoms with Crippen LogP contribution in [0.25, 0.3) is 0 Å². The van der Waals surface area contributed by atoms with E-state index in [1.807, 2.05) is 13.8 Å². The van der Waals surface area contributed by atoms with Crippen molar-refractivity contribution in [2.75, 3.05) is 33.5 Å². The Morgan fingerprint density at radius 3 is 2.53 bits per heavy atom. The van der Waals surface area contributed by atoms with E-state index in [-0.39, 0.29) is 0 Å². The minimum Gasteiger partial charge on any atom is -0.387 e. The number of hydrogen-bond acceptors (Lipinski definition) is 3. The second-order valence-electron chi connectivity index (χ2n) is 3.77. The first-order valence-electron chi connectivity index (χ1n) is 5.55. The average molecular weight is 216 g/mol. The van der Waals surface area contributed by atoms with E-state index in [9.17, 15) is 0 Å². The number of ether oxygens (including phenoxy) is 2. The molecule has 0 unspecified atom stereocenters. The molecule has 0 aliphatic heterocycles. The summed E-state index contributed by atoms with van der Waals surface area (Å²) in [5, 5.41) is 0. The monoisotopic (exact) mass is 216 g/mol. The lowest BCUT2D eigenvalue weighted by Gasteiger charge is -2.04. The number of nitrogens with two attached hydrogens (primary N) is 1. The normalized spacial score (nSPS) is 12.4. The molecule has 0 saturated carbocycles. The lowest BCUT2D eigenvalue weighted by Crippen LogP contribution is -2.19. The highest BCUT2D eigenvalue weighted by Gasteiger charge is 1.97. The Labute approximate surface area is 92.9 Å². The summed E-state index contributed by atoms with van der Waals surface area (Å²) in [6.45, 7) is 7.02. The van der Waals surface area contributed by atoms with Gasteiger partial charge in [0.1, 0.15) is 0 Å². The molecule has 0 aromatic heterocycles. The minimum atomic E-state index is 0.350. The second-order valence-corrected chi connectivity index (χ2v) is 3.77. The molecule has 4 heteroatoms. The van der Waals surface area contributed by atoms with Gasteiger partial charge in [-0.15, -0.1) is 0 Å². The number of unbranched alkanes of at least 4 members (excludes halogenated alkanes) is 1. The highest BCUT2D eigenvalue weighted by molar-refractivity contribution is 5.82. The van der Waals surface area contributed by atoms with Crippen LogP contribution in [-0.2, 0) is 9.47 Å². The van der Waals surface area contributed by atoms with Crippen molar-refractivity contribution in [1.82, 2.24) is 0 Å². The number of aliphatic imine (C=N–C) groups is 1. The molecule has 0 rings (SSSR count). The van der Waals surface area contributed by atoms with Crippen LogP contribution in [0.1, 0.15) is 26.7 Å². The summed E-state index contributed by atoms with van der Waals surface area (Å²) in [6, 6.07) is 0. The summed E-state index contributed by atoms with van der Waals surface area (Å²) in [6.07, 6.45) is 2.05. The summed E-state index contributed by atoms with van der Waals surface area (Å²) in [4.78, 5) is 4.27. The largest absolute Gasteiger partial charge is 0.387 e. The van der Waals surface area contributed by atoms with E-state index in [0.29, 0.717) is 19.1 Å². The van der Waals surface area contributed by atoms with E-state index in [4.69, 9.17) is 15.2 Å². The average Bonchev–Trinajstić information content (AvgIpc) is 2.21. The van der Waals surface area contributed by atoms with Crippen LogP contribution in [0.15, 0.2) is 4.99 Å². The quantitative estimate of drug-likeness (QED) is 0.360. The van der Waals surface area contributed by atoms with Crippen LogP contribution < -0.4 is 5.73 Å². The predicted molar refractivity (Wildman–Crippen MR) is 63.3 cm³/mol. The molecular formula is C11H24N2O2. The standard InChI is InChI=1S/C11H24N2O2/c1-10(2)11(12)13-6-4-5-7-15-9-8-14-3/h10H,4-9H2,1-3H3,(H2,12,13). The van der Waals surface area contributed by atoms with Gasteiger partial charge in [0.2, 0.25) is 0 Å². The zero-order valence-corrected chi connectivity index (χ0v) is 10.2. The highest BCUT2D eigenvalue weighted by atomic mass is 16.5. The third-order valence-electron chi connectivity index (χ3n) is 2.01. The maximum absolute atomic E-state index is 5.70. The van der Waals surface area contributed by atoms with E-state index in [2.05, 4.69) is 4.99 Å². The molecular weight excluding hydrogens is 192 g/mol. The molecule has 0 spiro atoms. The van der Waals surface area contributed by atoms with Gasteiger partial charge in [-0.25, -0.2) is 0 Å². The fourth-order valence-electron chi connectivity index (χ4n) is 0.951. The Balaban J connectivity index is 3.21. The predicted octanol–water partition coefficient (Wildman–Crippen LogP) is 1.44. The van der Waals surface area contributed by atoms with Crippen LogP contribution >= 0.6 is 0 Å². The van der Waals surface area contributed by atoms with Crippen molar-refractivity contribution in [1.29, 1.82) is 0 Å². The fourth-order valence-corrected chi connectivity index (χ4v) is 0.951. The van der Waals surface area contributed by atoms with Gasteiger partial charge in [-0.2, -0.15) is 0 Å². The van der Waals surface area contributed by atoms with Crippen molar-refractivity contribution < 1.29 is 9.47 Å². The zero-order valence-electron chi connectivity index (χ0n) is 10.2. The van der Waals surface area contributed by atoms with E-state index in [1.54, 1.807) is 7.11 Å².